The van der Waals surface area contributed by atoms with Crippen LogP contribution in [0.15, 0.2) is 78.9 Å². The Hall–Kier alpha value is -5.22. The van der Waals surface area contributed by atoms with Gasteiger partial charge in [-0.15, -0.1) is 0 Å². The van der Waals surface area contributed by atoms with Crippen molar-refractivity contribution in [2.24, 2.45) is 0 Å². The molecule has 1 aromatic heterocycles. The van der Waals surface area contributed by atoms with Crippen molar-refractivity contribution in [3.05, 3.63) is 95.6 Å². The molecule has 4 aromatic rings. The van der Waals surface area contributed by atoms with E-state index in [0.29, 0.717) is 41.6 Å². The summed E-state index contributed by atoms with van der Waals surface area (Å²) < 4.78 is 2.19. The van der Waals surface area contributed by atoms with Crippen LogP contribution in [0.5, 0.6) is 0 Å². The molecule has 0 spiro atoms. The Kier molecular flexibility index (Phi) is 11.6. The number of piperidine rings is 1. The summed E-state index contributed by atoms with van der Waals surface area (Å²) in [5.41, 5.74) is 4.97. The molecule has 10 heteroatoms. The summed E-state index contributed by atoms with van der Waals surface area (Å²) in [6.07, 6.45) is 15.6. The van der Waals surface area contributed by atoms with E-state index in [0.717, 1.165) is 92.9 Å². The zero-order valence-corrected chi connectivity index (χ0v) is 32.9. The molecule has 1 unspecified atom stereocenters. The van der Waals surface area contributed by atoms with E-state index in [4.69, 9.17) is 5.11 Å². The number of likely N-dealkylation sites (tertiary alicyclic amines) is 2. The van der Waals surface area contributed by atoms with Crippen LogP contribution in [0.1, 0.15) is 111 Å². The van der Waals surface area contributed by atoms with E-state index >= 15 is 0 Å². The zero-order valence-electron chi connectivity index (χ0n) is 32.9. The van der Waals surface area contributed by atoms with Gasteiger partial charge in [-0.05, 0) is 117 Å². The number of carboxylic acids is 1. The van der Waals surface area contributed by atoms with Gasteiger partial charge < -0.3 is 25.2 Å². The van der Waals surface area contributed by atoms with Gasteiger partial charge >= 0.3 is 5.97 Å². The van der Waals surface area contributed by atoms with E-state index in [9.17, 15) is 19.2 Å². The molecule has 57 heavy (non-hydrogen) atoms. The molecular weight excluding hydrogens is 715 g/mol. The van der Waals surface area contributed by atoms with Gasteiger partial charge in [-0.25, -0.2) is 4.79 Å². The quantitative estimate of drug-likeness (QED) is 0.132. The van der Waals surface area contributed by atoms with Crippen molar-refractivity contribution in [2.45, 2.75) is 108 Å². The molecule has 2 aliphatic carbocycles. The Bertz CT molecular complexity index is 2120. The molecule has 2 saturated heterocycles. The zero-order chi connectivity index (χ0) is 39.4. The molecule has 2 aliphatic heterocycles. The van der Waals surface area contributed by atoms with E-state index in [-0.39, 0.29) is 24.3 Å². The number of benzene rings is 3. The minimum atomic E-state index is -1.07. The molecule has 8 rings (SSSR count). The van der Waals surface area contributed by atoms with Crippen molar-refractivity contribution >= 4 is 46.4 Å². The lowest BCUT2D eigenvalue weighted by Crippen LogP contribution is -2.55. The number of nitrogens with zero attached hydrogens (tertiary/aromatic N) is 3. The van der Waals surface area contributed by atoms with Crippen LogP contribution in [0, 0.1) is 0 Å². The minimum Gasteiger partial charge on any atom is -0.478 e. The maximum atomic E-state index is 14.5. The third-order valence-corrected chi connectivity index (χ3v) is 13.0. The molecule has 3 amide bonds. The van der Waals surface area contributed by atoms with E-state index < -0.39 is 11.5 Å². The van der Waals surface area contributed by atoms with Gasteiger partial charge in [0.05, 0.1) is 11.2 Å². The molecule has 3 heterocycles. The standard InChI is InChI=1S/C47H55N5O5/c53-41(51-29-11-16-38(31-51)50-27-9-10-28-50)32-52-40-30-36(20-23-39(40)43(34-12-3-1-4-13-34)44(52)35-14-5-2-6-15-35)45(56)49-47(25-7-8-26-47)46(57)48-37-21-17-33(18-22-37)19-24-42(54)55/h2,5-6,14-15,17-24,30,34,38H,1,3-4,7-13,16,25-29,31-32H2,(H,48,57)(H,49,56)(H,54,55)/b24-19+. The Labute approximate surface area is 335 Å². The fourth-order valence-electron chi connectivity index (χ4n) is 9.99. The first-order valence-corrected chi connectivity index (χ1v) is 21.2. The highest BCUT2D eigenvalue weighted by molar-refractivity contribution is 6.06. The summed E-state index contributed by atoms with van der Waals surface area (Å²) in [5.74, 6) is -1.14. The molecule has 3 aromatic carbocycles. The van der Waals surface area contributed by atoms with Gasteiger partial charge in [0.1, 0.15) is 12.1 Å². The van der Waals surface area contributed by atoms with Crippen molar-refractivity contribution < 1.29 is 24.3 Å². The maximum Gasteiger partial charge on any atom is 0.328 e. The summed E-state index contributed by atoms with van der Waals surface area (Å²) in [4.78, 5) is 58.4. The summed E-state index contributed by atoms with van der Waals surface area (Å²) in [7, 11) is 0. The lowest BCUT2D eigenvalue weighted by atomic mass is 9.81. The van der Waals surface area contributed by atoms with Crippen LogP contribution in [0.3, 0.4) is 0 Å². The molecule has 3 N–H and O–H groups in total. The molecule has 0 radical (unpaired) electrons. The Balaban J connectivity index is 1.12. The number of amides is 3. The Morgan fingerprint density at radius 2 is 1.53 bits per heavy atom. The lowest BCUT2D eigenvalue weighted by Gasteiger charge is -2.37. The second-order valence-corrected chi connectivity index (χ2v) is 16.7. The highest BCUT2D eigenvalue weighted by Crippen LogP contribution is 2.44. The normalized spacial score (nSPS) is 20.3. The fourth-order valence-corrected chi connectivity index (χ4v) is 9.99. The average Bonchev–Trinajstić information content (AvgIpc) is 4.02. The van der Waals surface area contributed by atoms with E-state index in [1.54, 1.807) is 24.3 Å². The van der Waals surface area contributed by atoms with Crippen LogP contribution in [0.2, 0.25) is 0 Å². The van der Waals surface area contributed by atoms with Crippen LogP contribution >= 0.6 is 0 Å². The number of carbonyl (C=O) groups excluding carboxylic acids is 3. The smallest absolute Gasteiger partial charge is 0.328 e. The van der Waals surface area contributed by atoms with Gasteiger partial charge in [-0.2, -0.15) is 0 Å². The summed E-state index contributed by atoms with van der Waals surface area (Å²) in [6.45, 7) is 3.96. The van der Waals surface area contributed by atoms with Crippen molar-refractivity contribution in [1.29, 1.82) is 0 Å². The molecular formula is C47H55N5O5. The molecule has 2 saturated carbocycles. The molecule has 0 bridgehead atoms. The van der Waals surface area contributed by atoms with Crippen LogP contribution < -0.4 is 10.6 Å². The number of aromatic nitrogens is 1. The van der Waals surface area contributed by atoms with Gasteiger partial charge in [0.15, 0.2) is 0 Å². The van der Waals surface area contributed by atoms with Crippen molar-refractivity contribution in [3.63, 3.8) is 0 Å². The van der Waals surface area contributed by atoms with Crippen molar-refractivity contribution in [2.75, 3.05) is 31.5 Å². The molecule has 4 fully saturated rings. The molecule has 10 nitrogen and oxygen atoms in total. The number of fused-ring (bicyclic) bond motifs is 1. The number of anilines is 1. The van der Waals surface area contributed by atoms with Crippen molar-refractivity contribution in [1.82, 2.24) is 19.7 Å². The van der Waals surface area contributed by atoms with Crippen LogP contribution in [-0.4, -0.2) is 80.9 Å². The average molecular weight is 770 g/mol. The van der Waals surface area contributed by atoms with Crippen LogP contribution in [0.4, 0.5) is 5.69 Å². The topological polar surface area (TPSA) is 124 Å². The number of rotatable bonds is 11. The van der Waals surface area contributed by atoms with E-state index in [1.165, 1.54) is 43.7 Å². The van der Waals surface area contributed by atoms with Crippen LogP contribution in [0.25, 0.3) is 28.2 Å². The van der Waals surface area contributed by atoms with Crippen LogP contribution in [-0.2, 0) is 20.9 Å². The third kappa shape index (κ3) is 8.42. The second-order valence-electron chi connectivity index (χ2n) is 16.7. The fraction of sp³-hybridized carbons (Fsp3) is 0.447. The Morgan fingerprint density at radius 3 is 2.25 bits per heavy atom. The third-order valence-electron chi connectivity index (χ3n) is 13.0. The number of nitrogens with one attached hydrogen (secondary N) is 2. The van der Waals surface area contributed by atoms with Gasteiger partial charge in [-0.3, -0.25) is 19.3 Å². The number of hydrogen-bond acceptors (Lipinski definition) is 5. The van der Waals surface area contributed by atoms with E-state index in [2.05, 4.69) is 55.3 Å². The number of aliphatic carboxylic acids is 1. The highest BCUT2D eigenvalue weighted by Gasteiger charge is 2.43. The Morgan fingerprint density at radius 1 is 0.789 bits per heavy atom. The molecule has 1 atom stereocenters. The maximum absolute atomic E-state index is 14.5. The van der Waals surface area contributed by atoms with Gasteiger partial charge in [-0.1, -0.05) is 80.6 Å². The number of carbonyl (C=O) groups is 4. The molecule has 4 aliphatic rings. The first-order chi connectivity index (χ1) is 27.8. The minimum absolute atomic E-state index is 0.116. The predicted molar refractivity (Wildman–Crippen MR) is 224 cm³/mol. The largest absolute Gasteiger partial charge is 0.478 e. The van der Waals surface area contributed by atoms with Gasteiger partial charge in [0.25, 0.3) is 5.91 Å². The second kappa shape index (κ2) is 17.1. The first kappa shape index (κ1) is 38.6. The highest BCUT2D eigenvalue weighted by atomic mass is 16.4. The van der Waals surface area contributed by atoms with Gasteiger partial charge in [0, 0.05) is 41.8 Å². The number of carboxylic acid groups (broad SMARTS) is 1. The predicted octanol–water partition coefficient (Wildman–Crippen LogP) is 8.22. The lowest BCUT2D eigenvalue weighted by molar-refractivity contribution is -0.134. The monoisotopic (exact) mass is 769 g/mol. The van der Waals surface area contributed by atoms with Crippen molar-refractivity contribution in [3.8, 4) is 11.3 Å². The summed E-state index contributed by atoms with van der Waals surface area (Å²) >= 11 is 0. The first-order valence-electron chi connectivity index (χ1n) is 21.2. The summed E-state index contributed by atoms with van der Waals surface area (Å²) in [6, 6.07) is 23.7. The van der Waals surface area contributed by atoms with E-state index in [1.807, 2.05) is 18.2 Å². The SMILES string of the molecule is O=C(O)/C=C/c1ccc(NC(=O)C2(NC(=O)c3ccc4c(C5CCCCC5)c(-c5ccccc5)n(CC(=O)N5CCCC(N6CCCC6)C5)c4c3)CCCC2)cc1. The molecule has 298 valence electrons. The summed E-state index contributed by atoms with van der Waals surface area (Å²) in [5, 5.41) is 16.2. The number of hydrogen-bond donors (Lipinski definition) is 3. The van der Waals surface area contributed by atoms with Gasteiger partial charge in [0.2, 0.25) is 11.8 Å².